The van der Waals surface area contributed by atoms with E-state index in [0.717, 1.165) is 25.2 Å². The zero-order valence-corrected chi connectivity index (χ0v) is 15.0. The molecule has 1 amide bonds. The number of aromatic nitrogens is 2. The Morgan fingerprint density at radius 1 is 1.28 bits per heavy atom. The molecule has 1 aliphatic carbocycles. The summed E-state index contributed by atoms with van der Waals surface area (Å²) in [6.45, 7) is 3.32. The van der Waals surface area contributed by atoms with Crippen LogP contribution >= 0.6 is 11.3 Å². The highest BCUT2D eigenvalue weighted by Crippen LogP contribution is 2.27. The van der Waals surface area contributed by atoms with Gasteiger partial charge in [-0.3, -0.25) is 4.79 Å². The van der Waals surface area contributed by atoms with Crippen molar-refractivity contribution in [3.8, 4) is 0 Å². The van der Waals surface area contributed by atoms with E-state index in [1.165, 1.54) is 28.4 Å². The molecule has 0 aromatic carbocycles. The van der Waals surface area contributed by atoms with Gasteiger partial charge in [0.1, 0.15) is 5.82 Å². The molecule has 1 N–H and O–H groups in total. The average Bonchev–Trinajstić information content (AvgIpc) is 3.24. The number of morpholine rings is 1. The third-order valence-corrected chi connectivity index (χ3v) is 5.81. The molecule has 0 spiro atoms. The highest BCUT2D eigenvalue weighted by atomic mass is 32.1. The number of carbonyl (C=O) groups excluding carboxylic acids is 1. The van der Waals surface area contributed by atoms with Crippen LogP contribution in [0.15, 0.2) is 18.3 Å². The number of anilines is 1. The lowest BCUT2D eigenvalue weighted by molar-refractivity contribution is 0.0302. The maximum absolute atomic E-state index is 12.4. The van der Waals surface area contributed by atoms with Gasteiger partial charge in [-0.2, -0.15) is 0 Å². The summed E-state index contributed by atoms with van der Waals surface area (Å²) in [6, 6.07) is 3.71. The van der Waals surface area contributed by atoms with Crippen molar-refractivity contribution in [2.24, 2.45) is 0 Å². The Hall–Kier alpha value is -1.99. The molecule has 6 nitrogen and oxygen atoms in total. The molecule has 132 valence electrons. The lowest BCUT2D eigenvalue weighted by Crippen LogP contribution is -2.40. The fourth-order valence-electron chi connectivity index (χ4n) is 3.22. The van der Waals surface area contributed by atoms with E-state index in [0.29, 0.717) is 31.9 Å². The quantitative estimate of drug-likeness (QED) is 0.887. The molecule has 0 bridgehead atoms. The van der Waals surface area contributed by atoms with Crippen molar-refractivity contribution in [2.75, 3.05) is 38.2 Å². The third-order valence-electron chi connectivity index (χ3n) is 4.59. The molecule has 1 saturated heterocycles. The number of nitrogens with one attached hydrogen (secondary N) is 1. The number of amides is 1. The normalized spacial score (nSPS) is 16.7. The number of nitrogens with zero attached hydrogens (tertiary/aromatic N) is 3. The van der Waals surface area contributed by atoms with Crippen LogP contribution < -0.4 is 5.32 Å². The van der Waals surface area contributed by atoms with E-state index in [1.807, 2.05) is 28.4 Å². The molecule has 3 heterocycles. The Balaban J connectivity index is 1.28. The average molecular weight is 358 g/mol. The van der Waals surface area contributed by atoms with Gasteiger partial charge in [-0.05, 0) is 31.4 Å². The number of carbonyl (C=O) groups is 1. The molecule has 1 aliphatic heterocycles. The molecule has 0 radical (unpaired) electrons. The molecule has 2 aromatic heterocycles. The maximum atomic E-state index is 12.4. The van der Waals surface area contributed by atoms with E-state index in [1.54, 1.807) is 6.20 Å². The van der Waals surface area contributed by atoms with Crippen LogP contribution in [0.25, 0.3) is 0 Å². The van der Waals surface area contributed by atoms with Gasteiger partial charge in [0, 0.05) is 37.1 Å². The first-order valence-corrected chi connectivity index (χ1v) is 9.65. The van der Waals surface area contributed by atoms with Gasteiger partial charge in [-0.1, -0.05) is 0 Å². The van der Waals surface area contributed by atoms with Crippen molar-refractivity contribution in [1.29, 1.82) is 0 Å². The SMILES string of the molecule is O=C(c1ccc(NCCc2nc3c(s2)CCC3)nc1)N1CCOCC1. The van der Waals surface area contributed by atoms with Crippen LogP contribution in [0, 0.1) is 0 Å². The fraction of sp³-hybridized carbons (Fsp3) is 0.500. The maximum Gasteiger partial charge on any atom is 0.255 e. The first-order chi connectivity index (χ1) is 12.3. The van der Waals surface area contributed by atoms with Crippen molar-refractivity contribution in [2.45, 2.75) is 25.7 Å². The number of pyridine rings is 1. The molecule has 25 heavy (non-hydrogen) atoms. The van der Waals surface area contributed by atoms with Gasteiger partial charge in [0.25, 0.3) is 5.91 Å². The van der Waals surface area contributed by atoms with Gasteiger partial charge in [-0.25, -0.2) is 9.97 Å². The molecule has 4 rings (SSSR count). The lowest BCUT2D eigenvalue weighted by Gasteiger charge is -2.26. The molecule has 1 fully saturated rings. The number of aryl methyl sites for hydroxylation is 2. The number of fused-ring (bicyclic) bond motifs is 1. The predicted molar refractivity (Wildman–Crippen MR) is 97.3 cm³/mol. The number of ether oxygens (including phenoxy) is 1. The van der Waals surface area contributed by atoms with Crippen molar-refractivity contribution in [3.05, 3.63) is 39.5 Å². The molecular weight excluding hydrogens is 336 g/mol. The predicted octanol–water partition coefficient (Wildman–Crippen LogP) is 2.15. The van der Waals surface area contributed by atoms with E-state index in [-0.39, 0.29) is 5.91 Å². The van der Waals surface area contributed by atoms with Crippen LogP contribution in [0.4, 0.5) is 5.82 Å². The second-order valence-electron chi connectivity index (χ2n) is 6.34. The van der Waals surface area contributed by atoms with Crippen LogP contribution in [0.1, 0.15) is 32.4 Å². The molecule has 2 aromatic rings. The van der Waals surface area contributed by atoms with Gasteiger partial charge < -0.3 is 15.0 Å². The number of hydrogen-bond acceptors (Lipinski definition) is 6. The zero-order valence-electron chi connectivity index (χ0n) is 14.2. The summed E-state index contributed by atoms with van der Waals surface area (Å²) < 4.78 is 5.28. The van der Waals surface area contributed by atoms with Gasteiger partial charge in [0.05, 0.1) is 29.5 Å². The van der Waals surface area contributed by atoms with E-state index < -0.39 is 0 Å². The number of hydrogen-bond donors (Lipinski definition) is 1. The Morgan fingerprint density at radius 3 is 2.92 bits per heavy atom. The smallest absolute Gasteiger partial charge is 0.255 e. The largest absolute Gasteiger partial charge is 0.378 e. The van der Waals surface area contributed by atoms with Crippen molar-refractivity contribution < 1.29 is 9.53 Å². The van der Waals surface area contributed by atoms with Crippen LogP contribution in [-0.2, 0) is 24.0 Å². The van der Waals surface area contributed by atoms with Crippen LogP contribution in [0.5, 0.6) is 0 Å². The summed E-state index contributed by atoms with van der Waals surface area (Å²) in [4.78, 5) is 24.7. The molecule has 2 aliphatic rings. The summed E-state index contributed by atoms with van der Waals surface area (Å²) in [5, 5.41) is 4.52. The third kappa shape index (κ3) is 3.82. The zero-order chi connectivity index (χ0) is 17.1. The van der Waals surface area contributed by atoms with E-state index in [2.05, 4.69) is 10.3 Å². The van der Waals surface area contributed by atoms with Gasteiger partial charge in [0.2, 0.25) is 0 Å². The first kappa shape index (κ1) is 16.5. The van der Waals surface area contributed by atoms with Crippen LogP contribution in [-0.4, -0.2) is 53.6 Å². The number of thiazole rings is 1. The van der Waals surface area contributed by atoms with Crippen molar-refractivity contribution in [1.82, 2.24) is 14.9 Å². The minimum absolute atomic E-state index is 0.0275. The Bertz CT molecular complexity index is 717. The van der Waals surface area contributed by atoms with Crippen molar-refractivity contribution in [3.63, 3.8) is 0 Å². The van der Waals surface area contributed by atoms with Gasteiger partial charge >= 0.3 is 0 Å². The molecule has 0 unspecified atom stereocenters. The summed E-state index contributed by atoms with van der Waals surface area (Å²) in [5.41, 5.74) is 1.94. The van der Waals surface area contributed by atoms with Gasteiger partial charge in [0.15, 0.2) is 0 Å². The minimum atomic E-state index is 0.0275. The molecular formula is C18H22N4O2S. The highest BCUT2D eigenvalue weighted by molar-refractivity contribution is 7.11. The topological polar surface area (TPSA) is 67.4 Å². The van der Waals surface area contributed by atoms with E-state index >= 15 is 0 Å². The van der Waals surface area contributed by atoms with Gasteiger partial charge in [-0.15, -0.1) is 11.3 Å². The summed E-state index contributed by atoms with van der Waals surface area (Å²) in [7, 11) is 0. The second kappa shape index (κ2) is 7.49. The monoisotopic (exact) mass is 358 g/mol. The summed E-state index contributed by atoms with van der Waals surface area (Å²) >= 11 is 1.85. The highest BCUT2D eigenvalue weighted by Gasteiger charge is 2.19. The second-order valence-corrected chi connectivity index (χ2v) is 7.51. The Labute approximate surface area is 151 Å². The summed E-state index contributed by atoms with van der Waals surface area (Å²) in [6.07, 6.45) is 6.15. The van der Waals surface area contributed by atoms with Crippen LogP contribution in [0.2, 0.25) is 0 Å². The first-order valence-electron chi connectivity index (χ1n) is 8.84. The Morgan fingerprint density at radius 2 is 2.16 bits per heavy atom. The standard InChI is InChI=1S/C18H22N4O2S/c23-18(22-8-10-24-11-9-22)13-4-5-16(20-12-13)19-7-6-17-21-14-2-1-3-15(14)25-17/h4-5,12H,1-3,6-11H2,(H,19,20). The number of rotatable bonds is 5. The minimum Gasteiger partial charge on any atom is -0.378 e. The molecule has 7 heteroatoms. The summed E-state index contributed by atoms with van der Waals surface area (Å²) in [5.74, 6) is 0.822. The van der Waals surface area contributed by atoms with Crippen molar-refractivity contribution >= 4 is 23.1 Å². The Kier molecular flexibility index (Phi) is 4.94. The fourth-order valence-corrected chi connectivity index (χ4v) is 4.38. The van der Waals surface area contributed by atoms with Crippen LogP contribution in [0.3, 0.4) is 0 Å². The molecule has 0 atom stereocenters. The van der Waals surface area contributed by atoms with E-state index in [4.69, 9.17) is 9.72 Å². The molecule has 0 saturated carbocycles. The van der Waals surface area contributed by atoms with E-state index in [9.17, 15) is 4.79 Å². The lowest BCUT2D eigenvalue weighted by atomic mass is 10.2.